The van der Waals surface area contributed by atoms with Crippen molar-refractivity contribution in [2.75, 3.05) is 13.2 Å². The van der Waals surface area contributed by atoms with E-state index in [1.165, 1.54) is 0 Å². The topological polar surface area (TPSA) is 55.8 Å². The molecule has 0 aliphatic carbocycles. The molecule has 1 rings (SSSR count). The molecule has 1 N–H and O–H groups in total. The molecule has 1 atom stereocenters. The van der Waals surface area contributed by atoms with Gasteiger partial charge in [0.25, 0.3) is 0 Å². The summed E-state index contributed by atoms with van der Waals surface area (Å²) in [5.41, 5.74) is 0.662. The standard InChI is InChI=1S/C14H21O4P/c1-4-13(19(16,17-5-2)18-6-3)14(15)12-10-8-7-9-11-12/h4,7-11,14-15H,5-6H2,1-3H3/b13-4-. The second-order valence-corrected chi connectivity index (χ2v) is 5.89. The van der Waals surface area contributed by atoms with Crippen LogP contribution in [0.4, 0.5) is 0 Å². The molecule has 1 aromatic carbocycles. The lowest BCUT2D eigenvalue weighted by atomic mass is 10.1. The van der Waals surface area contributed by atoms with Crippen molar-refractivity contribution in [3.63, 3.8) is 0 Å². The van der Waals surface area contributed by atoms with Gasteiger partial charge in [0.1, 0.15) is 6.10 Å². The van der Waals surface area contributed by atoms with E-state index >= 15 is 0 Å². The fourth-order valence-corrected chi connectivity index (χ4v) is 3.62. The van der Waals surface area contributed by atoms with Gasteiger partial charge in [-0.05, 0) is 26.3 Å². The number of allylic oxidation sites excluding steroid dienone is 1. The summed E-state index contributed by atoms with van der Waals surface area (Å²) in [6.07, 6.45) is 0.610. The van der Waals surface area contributed by atoms with Crippen molar-refractivity contribution in [2.24, 2.45) is 0 Å². The van der Waals surface area contributed by atoms with Gasteiger partial charge in [0.2, 0.25) is 0 Å². The van der Waals surface area contributed by atoms with E-state index in [0.717, 1.165) is 0 Å². The van der Waals surface area contributed by atoms with Crippen LogP contribution in [-0.2, 0) is 13.6 Å². The van der Waals surface area contributed by atoms with Crippen LogP contribution >= 0.6 is 7.60 Å². The Balaban J connectivity index is 3.08. The van der Waals surface area contributed by atoms with Gasteiger partial charge in [0.15, 0.2) is 0 Å². The molecule has 0 amide bonds. The van der Waals surface area contributed by atoms with Crippen molar-refractivity contribution in [1.82, 2.24) is 0 Å². The fourth-order valence-electron chi connectivity index (χ4n) is 1.80. The first-order valence-electron chi connectivity index (χ1n) is 6.38. The average Bonchev–Trinajstić information content (AvgIpc) is 2.40. The Hall–Kier alpha value is -0.930. The smallest absolute Gasteiger partial charge is 0.359 e. The molecule has 0 heterocycles. The third-order valence-corrected chi connectivity index (χ3v) is 4.94. The van der Waals surface area contributed by atoms with E-state index in [1.54, 1.807) is 39.0 Å². The molecule has 19 heavy (non-hydrogen) atoms. The predicted molar refractivity (Wildman–Crippen MR) is 76.0 cm³/mol. The lowest BCUT2D eigenvalue weighted by Crippen LogP contribution is -2.07. The molecule has 0 saturated carbocycles. The number of hydrogen-bond donors (Lipinski definition) is 1. The van der Waals surface area contributed by atoms with Crippen molar-refractivity contribution in [3.05, 3.63) is 47.3 Å². The summed E-state index contributed by atoms with van der Waals surface area (Å²) >= 11 is 0. The maximum absolute atomic E-state index is 12.7. The number of rotatable bonds is 7. The summed E-state index contributed by atoms with van der Waals surface area (Å²) in [5, 5.41) is 10.6. The predicted octanol–water partition coefficient (Wildman–Crippen LogP) is 3.89. The van der Waals surface area contributed by atoms with E-state index in [2.05, 4.69) is 0 Å². The number of aliphatic hydroxyl groups excluding tert-OH is 1. The highest BCUT2D eigenvalue weighted by Gasteiger charge is 2.34. The van der Waals surface area contributed by atoms with Crippen LogP contribution in [-0.4, -0.2) is 18.3 Å². The third-order valence-electron chi connectivity index (χ3n) is 2.61. The molecule has 0 fully saturated rings. The molecule has 1 unspecified atom stereocenters. The molecule has 1 aromatic rings. The van der Waals surface area contributed by atoms with Gasteiger partial charge in [-0.15, -0.1) is 0 Å². The van der Waals surface area contributed by atoms with Crippen molar-refractivity contribution >= 4 is 7.60 Å². The summed E-state index contributed by atoms with van der Waals surface area (Å²) in [5.74, 6) is 0. The van der Waals surface area contributed by atoms with Crippen molar-refractivity contribution in [1.29, 1.82) is 0 Å². The van der Waals surface area contributed by atoms with Crippen LogP contribution in [0.3, 0.4) is 0 Å². The zero-order valence-electron chi connectivity index (χ0n) is 11.6. The Morgan fingerprint density at radius 1 is 1.26 bits per heavy atom. The Morgan fingerprint density at radius 2 is 1.79 bits per heavy atom. The van der Waals surface area contributed by atoms with E-state index in [0.29, 0.717) is 5.56 Å². The lowest BCUT2D eigenvalue weighted by molar-refractivity contribution is 0.192. The van der Waals surface area contributed by atoms with Gasteiger partial charge < -0.3 is 14.2 Å². The monoisotopic (exact) mass is 284 g/mol. The van der Waals surface area contributed by atoms with Crippen LogP contribution < -0.4 is 0 Å². The van der Waals surface area contributed by atoms with Gasteiger partial charge in [-0.1, -0.05) is 36.4 Å². The average molecular weight is 284 g/mol. The molecule has 0 bridgehead atoms. The molecule has 106 valence electrons. The van der Waals surface area contributed by atoms with Gasteiger partial charge in [-0.25, -0.2) is 0 Å². The summed E-state index contributed by atoms with van der Waals surface area (Å²) < 4.78 is 23.2. The highest BCUT2D eigenvalue weighted by Crippen LogP contribution is 2.59. The lowest BCUT2D eigenvalue weighted by Gasteiger charge is -2.23. The number of aliphatic hydroxyl groups is 1. The van der Waals surface area contributed by atoms with Crippen LogP contribution in [0, 0.1) is 0 Å². The van der Waals surface area contributed by atoms with Crippen molar-refractivity contribution in [2.45, 2.75) is 26.9 Å². The molecular weight excluding hydrogens is 263 g/mol. The minimum Gasteiger partial charge on any atom is -0.383 e. The number of hydrogen-bond acceptors (Lipinski definition) is 4. The highest BCUT2D eigenvalue weighted by atomic mass is 31.2. The zero-order valence-corrected chi connectivity index (χ0v) is 12.5. The second-order valence-electron chi connectivity index (χ2n) is 3.86. The minimum absolute atomic E-state index is 0.260. The molecule has 5 heteroatoms. The Labute approximate surface area is 114 Å². The van der Waals surface area contributed by atoms with Crippen LogP contribution in [0.2, 0.25) is 0 Å². The van der Waals surface area contributed by atoms with Crippen LogP contribution in [0.1, 0.15) is 32.4 Å². The van der Waals surface area contributed by atoms with Gasteiger partial charge in [-0.2, -0.15) is 0 Å². The molecular formula is C14H21O4P. The van der Waals surface area contributed by atoms with E-state index in [-0.39, 0.29) is 18.5 Å². The normalized spacial score (nSPS) is 14.4. The molecule has 4 nitrogen and oxygen atoms in total. The van der Waals surface area contributed by atoms with Crippen LogP contribution in [0.15, 0.2) is 41.7 Å². The first kappa shape index (κ1) is 16.1. The highest BCUT2D eigenvalue weighted by molar-refractivity contribution is 7.58. The van der Waals surface area contributed by atoms with E-state index in [1.807, 2.05) is 18.2 Å². The van der Waals surface area contributed by atoms with Gasteiger partial charge in [0.05, 0.1) is 18.5 Å². The molecule has 0 saturated heterocycles. The molecule has 0 aliphatic rings. The molecule has 0 radical (unpaired) electrons. The van der Waals surface area contributed by atoms with Gasteiger partial charge >= 0.3 is 7.60 Å². The molecule has 0 aromatic heterocycles. The zero-order chi connectivity index (χ0) is 14.3. The maximum atomic E-state index is 12.7. The quantitative estimate of drug-likeness (QED) is 0.772. The van der Waals surface area contributed by atoms with Crippen LogP contribution in [0.25, 0.3) is 0 Å². The van der Waals surface area contributed by atoms with Gasteiger partial charge in [-0.3, -0.25) is 4.57 Å². The van der Waals surface area contributed by atoms with Crippen molar-refractivity contribution in [3.8, 4) is 0 Å². The maximum Gasteiger partial charge on any atom is 0.359 e. The Bertz CT molecular complexity index is 446. The minimum atomic E-state index is -3.44. The first-order chi connectivity index (χ1) is 9.09. The van der Waals surface area contributed by atoms with Gasteiger partial charge in [0, 0.05) is 0 Å². The summed E-state index contributed by atoms with van der Waals surface area (Å²) in [7, 11) is -3.44. The first-order valence-corrected chi connectivity index (χ1v) is 7.92. The summed E-state index contributed by atoms with van der Waals surface area (Å²) in [6, 6.07) is 9.04. The van der Waals surface area contributed by atoms with E-state index in [9.17, 15) is 9.67 Å². The SMILES string of the molecule is C/C=C(/C(O)c1ccccc1)P(=O)(OCC)OCC. The third kappa shape index (κ3) is 4.02. The van der Waals surface area contributed by atoms with E-state index < -0.39 is 13.7 Å². The molecule has 0 spiro atoms. The largest absolute Gasteiger partial charge is 0.383 e. The second kappa shape index (κ2) is 7.61. The van der Waals surface area contributed by atoms with Crippen molar-refractivity contribution < 1.29 is 18.7 Å². The number of benzene rings is 1. The Morgan fingerprint density at radius 3 is 2.21 bits per heavy atom. The Kier molecular flexibility index (Phi) is 6.46. The summed E-state index contributed by atoms with van der Waals surface area (Å²) in [6.45, 7) is 5.72. The van der Waals surface area contributed by atoms with Crippen LogP contribution in [0.5, 0.6) is 0 Å². The molecule has 0 aliphatic heterocycles. The van der Waals surface area contributed by atoms with E-state index in [4.69, 9.17) is 9.05 Å². The fraction of sp³-hybridized carbons (Fsp3) is 0.429. The summed E-state index contributed by atoms with van der Waals surface area (Å²) in [4.78, 5) is 0.